The molecular formula is C20H16FNO2. The number of aryl methyl sites for hydroxylation is 1. The molecule has 0 aromatic heterocycles. The quantitative estimate of drug-likeness (QED) is 0.746. The molecule has 4 heteroatoms. The van der Waals surface area contributed by atoms with E-state index in [-0.39, 0.29) is 17.4 Å². The van der Waals surface area contributed by atoms with Gasteiger partial charge in [-0.05, 0) is 59.0 Å². The van der Waals surface area contributed by atoms with Crippen LogP contribution in [0.4, 0.5) is 4.39 Å². The van der Waals surface area contributed by atoms with E-state index in [0.717, 1.165) is 34.7 Å². The predicted octanol–water partition coefficient (Wildman–Crippen LogP) is 4.10. The molecule has 3 nitrogen and oxygen atoms in total. The number of benzene rings is 3. The summed E-state index contributed by atoms with van der Waals surface area (Å²) in [6.07, 6.45) is 1.58. The highest BCUT2D eigenvalue weighted by molar-refractivity contribution is 5.99. The lowest BCUT2D eigenvalue weighted by Crippen LogP contribution is -2.27. The molecule has 0 radical (unpaired) electrons. The zero-order valence-electron chi connectivity index (χ0n) is 12.9. The molecule has 1 aliphatic carbocycles. The summed E-state index contributed by atoms with van der Waals surface area (Å²) in [6.45, 7) is 0. The topological polar surface area (TPSA) is 49.3 Å². The van der Waals surface area contributed by atoms with Crippen LogP contribution in [0.3, 0.4) is 0 Å². The summed E-state index contributed by atoms with van der Waals surface area (Å²) in [4.78, 5) is 12.5. The second kappa shape index (κ2) is 5.64. The first-order valence-corrected chi connectivity index (χ1v) is 7.93. The minimum absolute atomic E-state index is 0.0438. The molecule has 3 aromatic carbocycles. The Balaban J connectivity index is 1.64. The fourth-order valence-corrected chi connectivity index (χ4v) is 3.36. The lowest BCUT2D eigenvalue weighted by Gasteiger charge is -2.15. The number of rotatable bonds is 2. The zero-order valence-corrected chi connectivity index (χ0v) is 12.9. The molecule has 1 aliphatic rings. The summed E-state index contributed by atoms with van der Waals surface area (Å²) < 4.78 is 14.3. The maximum atomic E-state index is 14.3. The number of amides is 1. The summed E-state index contributed by atoms with van der Waals surface area (Å²) in [5.41, 5.74) is 2.06. The van der Waals surface area contributed by atoms with Crippen molar-refractivity contribution in [3.63, 3.8) is 0 Å². The van der Waals surface area contributed by atoms with Crippen molar-refractivity contribution in [1.82, 2.24) is 5.32 Å². The fourth-order valence-electron chi connectivity index (χ4n) is 3.36. The molecular weight excluding hydrogens is 305 g/mol. The maximum Gasteiger partial charge on any atom is 0.254 e. The third kappa shape index (κ3) is 2.50. The monoisotopic (exact) mass is 321 g/mol. The Kier molecular flexibility index (Phi) is 3.45. The SMILES string of the molecule is O=C(NC1CCc2ccc(O)cc21)c1cc2ccccc2cc1F. The third-order valence-corrected chi connectivity index (χ3v) is 4.59. The minimum atomic E-state index is -0.527. The number of nitrogens with one attached hydrogen (secondary N) is 1. The van der Waals surface area contributed by atoms with Gasteiger partial charge in [-0.2, -0.15) is 0 Å². The average Bonchev–Trinajstić information content (AvgIpc) is 2.96. The number of hydrogen-bond acceptors (Lipinski definition) is 2. The van der Waals surface area contributed by atoms with Crippen molar-refractivity contribution < 1.29 is 14.3 Å². The van der Waals surface area contributed by atoms with Crippen LogP contribution in [0, 0.1) is 5.82 Å². The number of carbonyl (C=O) groups excluding carboxylic acids is 1. The minimum Gasteiger partial charge on any atom is -0.508 e. The van der Waals surface area contributed by atoms with Gasteiger partial charge in [-0.3, -0.25) is 4.79 Å². The van der Waals surface area contributed by atoms with E-state index in [1.807, 2.05) is 30.3 Å². The number of carbonyl (C=O) groups is 1. The van der Waals surface area contributed by atoms with E-state index < -0.39 is 11.7 Å². The number of aromatic hydroxyl groups is 1. The van der Waals surface area contributed by atoms with Crippen LogP contribution in [0.25, 0.3) is 10.8 Å². The summed E-state index contributed by atoms with van der Waals surface area (Å²) in [5.74, 6) is -0.786. The molecule has 0 saturated carbocycles. The van der Waals surface area contributed by atoms with Crippen molar-refractivity contribution in [2.24, 2.45) is 0 Å². The van der Waals surface area contributed by atoms with Crippen molar-refractivity contribution in [3.05, 3.63) is 77.1 Å². The highest BCUT2D eigenvalue weighted by atomic mass is 19.1. The molecule has 24 heavy (non-hydrogen) atoms. The van der Waals surface area contributed by atoms with Crippen LogP contribution in [-0.4, -0.2) is 11.0 Å². The Morgan fingerprint density at radius 1 is 1.08 bits per heavy atom. The van der Waals surface area contributed by atoms with E-state index in [0.29, 0.717) is 0 Å². The van der Waals surface area contributed by atoms with Crippen LogP contribution in [0.1, 0.15) is 33.9 Å². The van der Waals surface area contributed by atoms with Gasteiger partial charge in [-0.25, -0.2) is 4.39 Å². The molecule has 4 rings (SSSR count). The summed E-state index contributed by atoms with van der Waals surface area (Å²) >= 11 is 0. The third-order valence-electron chi connectivity index (χ3n) is 4.59. The number of phenolic OH excluding ortho intramolecular Hbond substituents is 1. The molecule has 0 bridgehead atoms. The average molecular weight is 321 g/mol. The van der Waals surface area contributed by atoms with E-state index in [9.17, 15) is 14.3 Å². The van der Waals surface area contributed by atoms with Gasteiger partial charge in [-0.1, -0.05) is 30.3 Å². The van der Waals surface area contributed by atoms with Gasteiger partial charge in [-0.15, -0.1) is 0 Å². The van der Waals surface area contributed by atoms with Gasteiger partial charge in [0.15, 0.2) is 0 Å². The predicted molar refractivity (Wildman–Crippen MR) is 90.5 cm³/mol. The van der Waals surface area contributed by atoms with Gasteiger partial charge in [0, 0.05) is 0 Å². The van der Waals surface area contributed by atoms with Crippen LogP contribution in [0.5, 0.6) is 5.75 Å². The fraction of sp³-hybridized carbons (Fsp3) is 0.150. The highest BCUT2D eigenvalue weighted by Crippen LogP contribution is 2.33. The molecule has 0 saturated heterocycles. The van der Waals surface area contributed by atoms with Crippen LogP contribution < -0.4 is 5.32 Å². The van der Waals surface area contributed by atoms with Gasteiger partial charge in [0.25, 0.3) is 5.91 Å². The summed E-state index contributed by atoms with van der Waals surface area (Å²) in [7, 11) is 0. The van der Waals surface area contributed by atoms with Gasteiger partial charge in [0.05, 0.1) is 11.6 Å². The zero-order chi connectivity index (χ0) is 16.7. The Morgan fingerprint density at radius 3 is 2.62 bits per heavy atom. The van der Waals surface area contributed by atoms with Gasteiger partial charge in [0.2, 0.25) is 0 Å². The number of hydrogen-bond donors (Lipinski definition) is 2. The van der Waals surface area contributed by atoms with E-state index in [1.54, 1.807) is 18.2 Å². The van der Waals surface area contributed by atoms with Crippen LogP contribution >= 0.6 is 0 Å². The Morgan fingerprint density at radius 2 is 1.83 bits per heavy atom. The van der Waals surface area contributed by atoms with E-state index in [1.165, 1.54) is 6.07 Å². The van der Waals surface area contributed by atoms with Crippen molar-refractivity contribution >= 4 is 16.7 Å². The first kappa shape index (κ1) is 14.7. The number of fused-ring (bicyclic) bond motifs is 2. The van der Waals surface area contributed by atoms with Crippen LogP contribution in [0.15, 0.2) is 54.6 Å². The molecule has 1 atom stereocenters. The standard InChI is InChI=1S/C20H16FNO2/c21-18-10-14-4-2-1-3-13(14)9-17(18)20(24)22-19-8-6-12-5-7-15(23)11-16(12)19/h1-5,7,9-11,19,23H,6,8H2,(H,22,24). The molecule has 3 aromatic rings. The number of phenols is 1. The van der Waals surface area contributed by atoms with Crippen molar-refractivity contribution in [1.29, 1.82) is 0 Å². The molecule has 1 amide bonds. The van der Waals surface area contributed by atoms with Gasteiger partial charge in [0.1, 0.15) is 11.6 Å². The lowest BCUT2D eigenvalue weighted by molar-refractivity contribution is 0.0932. The smallest absolute Gasteiger partial charge is 0.254 e. The normalized spacial score (nSPS) is 16.1. The Hall–Kier alpha value is -2.88. The molecule has 0 spiro atoms. The van der Waals surface area contributed by atoms with Crippen molar-refractivity contribution in [2.75, 3.05) is 0 Å². The van der Waals surface area contributed by atoms with E-state index in [2.05, 4.69) is 5.32 Å². The van der Waals surface area contributed by atoms with Crippen molar-refractivity contribution in [3.8, 4) is 5.75 Å². The van der Waals surface area contributed by atoms with Gasteiger partial charge < -0.3 is 10.4 Å². The van der Waals surface area contributed by atoms with E-state index >= 15 is 0 Å². The Bertz CT molecular complexity index is 952. The molecule has 1 unspecified atom stereocenters. The molecule has 120 valence electrons. The van der Waals surface area contributed by atoms with Crippen LogP contribution in [-0.2, 0) is 6.42 Å². The number of halogens is 1. The molecule has 0 heterocycles. The summed E-state index contributed by atoms with van der Waals surface area (Å²) in [5, 5.41) is 14.1. The first-order chi connectivity index (χ1) is 11.6. The highest BCUT2D eigenvalue weighted by Gasteiger charge is 2.25. The van der Waals surface area contributed by atoms with Gasteiger partial charge >= 0.3 is 0 Å². The molecule has 2 N–H and O–H groups in total. The van der Waals surface area contributed by atoms with Crippen molar-refractivity contribution in [2.45, 2.75) is 18.9 Å². The van der Waals surface area contributed by atoms with E-state index in [4.69, 9.17) is 0 Å². The first-order valence-electron chi connectivity index (χ1n) is 7.93. The largest absolute Gasteiger partial charge is 0.508 e. The molecule has 0 aliphatic heterocycles. The second-order valence-electron chi connectivity index (χ2n) is 6.13. The maximum absolute atomic E-state index is 14.3. The van der Waals surface area contributed by atoms with Crippen LogP contribution in [0.2, 0.25) is 0 Å². The summed E-state index contributed by atoms with van der Waals surface area (Å²) in [6, 6.07) is 15.3. The molecule has 0 fully saturated rings. The lowest BCUT2D eigenvalue weighted by atomic mass is 10.0. The second-order valence-corrected chi connectivity index (χ2v) is 6.13. The Labute approximate surface area is 138 Å².